The quantitative estimate of drug-likeness (QED) is 0.119. The summed E-state index contributed by atoms with van der Waals surface area (Å²) < 4.78 is 20.8. The minimum absolute atomic E-state index is 0. The minimum Gasteiger partial charge on any atom is -0.486 e. The summed E-state index contributed by atoms with van der Waals surface area (Å²) in [6.45, 7) is 4.57. The molecule has 4 aromatic heterocycles. The first-order valence-electron chi connectivity index (χ1n) is 16.5. The van der Waals surface area contributed by atoms with Gasteiger partial charge in [0.05, 0.1) is 11.8 Å². The van der Waals surface area contributed by atoms with Crippen LogP contribution in [0.4, 0.5) is 4.39 Å². The van der Waals surface area contributed by atoms with Crippen molar-refractivity contribution in [3.8, 4) is 22.5 Å². The van der Waals surface area contributed by atoms with Gasteiger partial charge in [0, 0.05) is 31.7 Å². The largest absolute Gasteiger partial charge is 0.486 e. The Balaban J connectivity index is 0.000000188. The van der Waals surface area contributed by atoms with E-state index in [1.165, 1.54) is 49.1 Å². The van der Waals surface area contributed by atoms with Crippen LogP contribution < -0.4 is 4.40 Å². The summed E-state index contributed by atoms with van der Waals surface area (Å²) in [6.07, 6.45) is 12.8. The van der Waals surface area contributed by atoms with Crippen LogP contribution in [0.3, 0.4) is 0 Å². The smallest absolute Gasteiger partial charge is 0.216 e. The standard InChI is InChI=1S/C22H18FN2O.C18H24GeN.Ir/c23-17-12-19-18-11-16(5-6-21(18)26-22(19)25-13-17)20-10-15(7-8-24-20)9-14-3-1-2-4-14;1-14(2)11-16-12-18(15-9-7-6-8-10-15)20-13-17(16)19(3,4)5;/h6-8,10-14H,1-4,9H2;6-9,12-14H,11H2,1-5H3;/q2*-1;. The molecule has 7 heteroatoms. The first kappa shape index (κ1) is 35.1. The van der Waals surface area contributed by atoms with Crippen LogP contribution in [0.15, 0.2) is 83.7 Å². The number of benzene rings is 2. The number of aromatic nitrogens is 3. The molecule has 6 aromatic rings. The van der Waals surface area contributed by atoms with Crippen molar-refractivity contribution in [1.29, 1.82) is 0 Å². The van der Waals surface area contributed by atoms with Crippen LogP contribution in [-0.4, -0.2) is 28.2 Å². The van der Waals surface area contributed by atoms with Crippen molar-refractivity contribution in [2.45, 2.75) is 69.6 Å². The molecule has 0 spiro atoms. The van der Waals surface area contributed by atoms with E-state index in [1.807, 2.05) is 30.5 Å². The molecule has 0 amide bonds. The van der Waals surface area contributed by atoms with E-state index >= 15 is 0 Å². The zero-order valence-corrected chi connectivity index (χ0v) is 32.4. The molecule has 4 nitrogen and oxygen atoms in total. The van der Waals surface area contributed by atoms with Crippen LogP contribution in [0.2, 0.25) is 17.3 Å². The van der Waals surface area contributed by atoms with Gasteiger partial charge in [-0.1, -0.05) is 42.7 Å². The molecule has 1 radical (unpaired) electrons. The van der Waals surface area contributed by atoms with Crippen molar-refractivity contribution in [2.75, 3.05) is 0 Å². The average molecular weight is 865 g/mol. The van der Waals surface area contributed by atoms with Crippen LogP contribution in [-0.2, 0) is 32.9 Å². The Hall–Kier alpha value is -3.19. The summed E-state index contributed by atoms with van der Waals surface area (Å²) in [5, 5.41) is 1.51. The number of furan rings is 1. The maximum absolute atomic E-state index is 13.6. The van der Waals surface area contributed by atoms with Crippen LogP contribution in [0, 0.1) is 29.8 Å². The van der Waals surface area contributed by atoms with Crippen LogP contribution >= 0.6 is 0 Å². The van der Waals surface area contributed by atoms with E-state index < -0.39 is 13.3 Å². The second-order valence-electron chi connectivity index (χ2n) is 14.0. The fraction of sp³-hybridized carbons (Fsp3) is 0.325. The topological polar surface area (TPSA) is 51.8 Å². The van der Waals surface area contributed by atoms with Crippen molar-refractivity contribution in [3.63, 3.8) is 0 Å². The maximum Gasteiger partial charge on any atom is 0.216 e. The molecule has 0 unspecified atom stereocenters. The van der Waals surface area contributed by atoms with Crippen molar-refractivity contribution in [2.24, 2.45) is 11.8 Å². The van der Waals surface area contributed by atoms with Crippen molar-refractivity contribution in [1.82, 2.24) is 15.0 Å². The van der Waals surface area contributed by atoms with E-state index in [4.69, 9.17) is 9.40 Å². The summed E-state index contributed by atoms with van der Waals surface area (Å²) in [4.78, 5) is 13.2. The third-order valence-electron chi connectivity index (χ3n) is 8.74. The first-order chi connectivity index (χ1) is 22.1. The van der Waals surface area contributed by atoms with Gasteiger partial charge in [0.25, 0.3) is 0 Å². The van der Waals surface area contributed by atoms with Crippen molar-refractivity contribution < 1.29 is 28.9 Å². The third-order valence-corrected chi connectivity index (χ3v) is 13.1. The summed E-state index contributed by atoms with van der Waals surface area (Å²) in [6, 6.07) is 26.4. The third kappa shape index (κ3) is 8.65. The zero-order chi connectivity index (χ0) is 32.3. The molecule has 1 aliphatic carbocycles. The Morgan fingerprint density at radius 2 is 1.68 bits per heavy atom. The Labute approximate surface area is 294 Å². The van der Waals surface area contributed by atoms with Gasteiger partial charge in [-0.25, -0.2) is 9.37 Å². The van der Waals surface area contributed by atoms with E-state index in [0.717, 1.165) is 46.7 Å². The van der Waals surface area contributed by atoms with E-state index in [-0.39, 0.29) is 25.9 Å². The van der Waals surface area contributed by atoms with E-state index in [9.17, 15) is 4.39 Å². The monoisotopic (exact) mass is 866 g/mol. The molecule has 2 aromatic carbocycles. The summed E-state index contributed by atoms with van der Waals surface area (Å²) >= 11 is -1.86. The Morgan fingerprint density at radius 1 is 0.894 bits per heavy atom. The van der Waals surface area contributed by atoms with Gasteiger partial charge in [-0.05, 0) is 30.2 Å². The Kier molecular flexibility index (Phi) is 11.5. The molecule has 4 heterocycles. The Bertz CT molecular complexity index is 1950. The molecule has 0 atom stereocenters. The number of rotatable bonds is 7. The van der Waals surface area contributed by atoms with Crippen LogP contribution in [0.25, 0.3) is 44.6 Å². The number of pyridine rings is 3. The number of hydrogen-bond acceptors (Lipinski definition) is 4. The summed E-state index contributed by atoms with van der Waals surface area (Å²) in [5.41, 5.74) is 7.83. The molecule has 0 bridgehead atoms. The molecule has 7 rings (SSSR count). The predicted molar refractivity (Wildman–Crippen MR) is 189 cm³/mol. The minimum atomic E-state index is -1.86. The number of hydrogen-bond donors (Lipinski definition) is 0. The van der Waals surface area contributed by atoms with Crippen molar-refractivity contribution >= 4 is 39.7 Å². The molecule has 245 valence electrons. The predicted octanol–water partition coefficient (Wildman–Crippen LogP) is 10.0. The number of halogens is 1. The van der Waals surface area contributed by atoms with Gasteiger partial charge >= 0.3 is 126 Å². The molecule has 0 aliphatic heterocycles. The second-order valence-corrected chi connectivity index (χ2v) is 24.6. The fourth-order valence-corrected chi connectivity index (χ4v) is 9.84. The first-order valence-corrected chi connectivity index (χ1v) is 23.8. The molecular weight excluding hydrogens is 822 g/mol. The van der Waals surface area contributed by atoms with Crippen LogP contribution in [0.1, 0.15) is 50.7 Å². The van der Waals surface area contributed by atoms with Gasteiger partial charge < -0.3 is 9.40 Å². The van der Waals surface area contributed by atoms with E-state index in [0.29, 0.717) is 22.6 Å². The normalized spacial score (nSPS) is 13.5. The maximum atomic E-state index is 13.6. The molecular formula is C40H42FGeIrN3O-2. The van der Waals surface area contributed by atoms with Crippen LogP contribution in [0.5, 0.6) is 0 Å². The molecule has 47 heavy (non-hydrogen) atoms. The number of nitrogens with zero attached hydrogens (tertiary/aromatic N) is 3. The van der Waals surface area contributed by atoms with Gasteiger partial charge in [-0.3, -0.25) is 0 Å². The second kappa shape index (κ2) is 15.4. The average Bonchev–Trinajstić information content (AvgIpc) is 3.68. The molecule has 0 saturated heterocycles. The van der Waals surface area contributed by atoms with E-state index in [2.05, 4.69) is 83.7 Å². The SMILES string of the molecule is CC(C)Cc1cc(-c2[c-]cccc2)nc[c]1[Ge]([CH3])([CH3])[CH3].Fc1cnc2oc3c[c-]c(-c4cc(CC5CCCC5)ccn4)cc3c2c1.[Ir]. The van der Waals surface area contributed by atoms with Gasteiger partial charge in [-0.15, -0.1) is 23.8 Å². The summed E-state index contributed by atoms with van der Waals surface area (Å²) in [5.74, 6) is 8.42. The summed E-state index contributed by atoms with van der Waals surface area (Å²) in [7, 11) is 0. The Morgan fingerprint density at radius 3 is 2.40 bits per heavy atom. The fourth-order valence-electron chi connectivity index (χ4n) is 6.50. The number of fused-ring (bicyclic) bond motifs is 3. The molecule has 0 N–H and O–H groups in total. The molecule has 1 aliphatic rings. The van der Waals surface area contributed by atoms with Gasteiger partial charge in [0.1, 0.15) is 5.82 Å². The van der Waals surface area contributed by atoms with Crippen molar-refractivity contribution in [3.05, 3.63) is 108 Å². The molecule has 1 fully saturated rings. The van der Waals surface area contributed by atoms with Gasteiger partial charge in [0.2, 0.25) is 5.71 Å². The zero-order valence-electron chi connectivity index (χ0n) is 27.9. The molecule has 1 saturated carbocycles. The van der Waals surface area contributed by atoms with E-state index in [1.54, 1.807) is 10.5 Å². The van der Waals surface area contributed by atoms with Gasteiger partial charge in [0.15, 0.2) is 0 Å². The van der Waals surface area contributed by atoms with Gasteiger partial charge in [-0.2, -0.15) is 0 Å².